The van der Waals surface area contributed by atoms with Gasteiger partial charge in [0.1, 0.15) is 0 Å². The van der Waals surface area contributed by atoms with Crippen molar-refractivity contribution in [3.05, 3.63) is 29.3 Å². The lowest BCUT2D eigenvalue weighted by Gasteiger charge is -2.20. The van der Waals surface area contributed by atoms with E-state index in [9.17, 15) is 13.2 Å². The molecule has 0 saturated heterocycles. The zero-order valence-corrected chi connectivity index (χ0v) is 13.4. The van der Waals surface area contributed by atoms with Gasteiger partial charge in [0.25, 0.3) is 0 Å². The molecule has 1 rings (SSSR count). The van der Waals surface area contributed by atoms with Crippen molar-refractivity contribution in [3.63, 3.8) is 0 Å². The van der Waals surface area contributed by atoms with Gasteiger partial charge < -0.3 is 4.90 Å². The number of hydrogen-bond acceptors (Lipinski definition) is 4. The van der Waals surface area contributed by atoms with Crippen LogP contribution >= 0.6 is 0 Å². The number of likely N-dealkylation sites (N-methyl/N-ethyl adjacent to an activating group) is 1. The Hall–Kier alpha value is -1.91. The largest absolute Gasteiger partial charge is 0.345 e. The molecule has 114 valence electrons. The van der Waals surface area contributed by atoms with Gasteiger partial charge in [-0.3, -0.25) is 4.79 Å². The van der Waals surface area contributed by atoms with Crippen LogP contribution in [0.25, 0.3) is 0 Å². The average molecular weight is 309 g/mol. The van der Waals surface area contributed by atoms with Gasteiger partial charge in [0, 0.05) is 13.6 Å². The van der Waals surface area contributed by atoms with Crippen molar-refractivity contribution in [2.24, 2.45) is 0 Å². The lowest BCUT2D eigenvalue weighted by Crippen LogP contribution is -2.45. The summed E-state index contributed by atoms with van der Waals surface area (Å²) in [6.45, 7) is 5.48. The number of nitriles is 1. The van der Waals surface area contributed by atoms with E-state index >= 15 is 0 Å². The van der Waals surface area contributed by atoms with E-state index in [-0.39, 0.29) is 10.8 Å². The number of amides is 1. The van der Waals surface area contributed by atoms with Gasteiger partial charge in [0.2, 0.25) is 15.9 Å². The van der Waals surface area contributed by atoms with E-state index in [4.69, 9.17) is 5.26 Å². The number of hydrogen-bond donors (Lipinski definition) is 1. The van der Waals surface area contributed by atoms with Gasteiger partial charge in [-0.2, -0.15) is 9.98 Å². The van der Waals surface area contributed by atoms with Crippen molar-refractivity contribution in [2.45, 2.75) is 31.7 Å². The summed E-state index contributed by atoms with van der Waals surface area (Å²) in [5.74, 6) is -0.300. The first-order chi connectivity index (χ1) is 9.72. The van der Waals surface area contributed by atoms with Crippen molar-refractivity contribution in [1.29, 1.82) is 5.26 Å². The van der Waals surface area contributed by atoms with Crippen LogP contribution in [-0.4, -0.2) is 38.9 Å². The maximum Gasteiger partial charge on any atom is 0.241 e. The molecule has 6 nitrogen and oxygen atoms in total. The normalized spacial score (nSPS) is 12.5. The van der Waals surface area contributed by atoms with E-state index < -0.39 is 16.1 Å². The average Bonchev–Trinajstić information content (AvgIpc) is 2.44. The molecule has 0 aliphatic carbocycles. The standard InChI is InChI=1S/C14H19N3O3S/c1-5-17(4)14(18)11(3)16-21(19,20)13-7-6-12(9-15)10(2)8-13/h6-8,11,16H,5H2,1-4H3. The molecule has 0 bridgehead atoms. The van der Waals surface area contributed by atoms with Crippen molar-refractivity contribution in [1.82, 2.24) is 9.62 Å². The number of carbonyl (C=O) groups is 1. The highest BCUT2D eigenvalue weighted by atomic mass is 32.2. The van der Waals surface area contributed by atoms with Gasteiger partial charge in [-0.15, -0.1) is 0 Å². The van der Waals surface area contributed by atoms with Gasteiger partial charge in [-0.05, 0) is 44.5 Å². The first-order valence-corrected chi connectivity index (χ1v) is 7.99. The Morgan fingerprint density at radius 2 is 2.10 bits per heavy atom. The van der Waals surface area contributed by atoms with Crippen molar-refractivity contribution >= 4 is 15.9 Å². The number of rotatable bonds is 5. The number of aryl methyl sites for hydroxylation is 1. The predicted molar refractivity (Wildman–Crippen MR) is 79.0 cm³/mol. The van der Waals surface area contributed by atoms with E-state index in [2.05, 4.69) is 4.72 Å². The Balaban J connectivity index is 3.00. The third-order valence-electron chi connectivity index (χ3n) is 3.18. The summed E-state index contributed by atoms with van der Waals surface area (Å²) in [6.07, 6.45) is 0. The minimum absolute atomic E-state index is 0.0396. The molecule has 1 amide bonds. The molecule has 0 fully saturated rings. The minimum Gasteiger partial charge on any atom is -0.345 e. The van der Waals surface area contributed by atoms with Gasteiger partial charge in [-0.25, -0.2) is 8.42 Å². The summed E-state index contributed by atoms with van der Waals surface area (Å²) < 4.78 is 26.8. The fourth-order valence-corrected chi connectivity index (χ4v) is 3.05. The molecule has 0 heterocycles. The summed E-state index contributed by atoms with van der Waals surface area (Å²) in [6, 6.07) is 5.36. The summed E-state index contributed by atoms with van der Waals surface area (Å²) in [5.41, 5.74) is 0.994. The Morgan fingerprint density at radius 1 is 1.48 bits per heavy atom. The third kappa shape index (κ3) is 4.03. The monoisotopic (exact) mass is 309 g/mol. The van der Waals surface area contributed by atoms with Crippen LogP contribution < -0.4 is 4.72 Å². The van der Waals surface area contributed by atoms with Crippen molar-refractivity contribution < 1.29 is 13.2 Å². The molecule has 1 aromatic carbocycles. The fraction of sp³-hybridized carbons (Fsp3) is 0.429. The van der Waals surface area contributed by atoms with E-state index in [1.165, 1.54) is 30.0 Å². The summed E-state index contributed by atoms with van der Waals surface area (Å²) >= 11 is 0. The number of sulfonamides is 1. The van der Waals surface area contributed by atoms with Crippen LogP contribution in [0.4, 0.5) is 0 Å². The molecular weight excluding hydrogens is 290 g/mol. The van der Waals surface area contributed by atoms with Gasteiger partial charge >= 0.3 is 0 Å². The Morgan fingerprint density at radius 3 is 2.57 bits per heavy atom. The molecular formula is C14H19N3O3S. The van der Waals surface area contributed by atoms with Gasteiger partial charge in [0.05, 0.1) is 22.6 Å². The van der Waals surface area contributed by atoms with E-state index in [0.29, 0.717) is 17.7 Å². The topological polar surface area (TPSA) is 90.3 Å². The van der Waals surface area contributed by atoms with Crippen molar-refractivity contribution in [3.8, 4) is 6.07 Å². The number of nitrogens with zero attached hydrogens (tertiary/aromatic N) is 2. The molecule has 21 heavy (non-hydrogen) atoms. The summed E-state index contributed by atoms with van der Waals surface area (Å²) in [5, 5.41) is 8.85. The second-order valence-corrected chi connectivity index (χ2v) is 6.50. The molecule has 0 aliphatic rings. The molecule has 0 spiro atoms. The Bertz CT molecular complexity index is 677. The summed E-state index contributed by atoms with van der Waals surface area (Å²) in [4.78, 5) is 13.4. The second-order valence-electron chi connectivity index (χ2n) is 4.78. The highest BCUT2D eigenvalue weighted by molar-refractivity contribution is 7.89. The molecule has 1 N–H and O–H groups in total. The smallest absolute Gasteiger partial charge is 0.241 e. The number of nitrogens with one attached hydrogen (secondary N) is 1. The zero-order chi connectivity index (χ0) is 16.2. The zero-order valence-electron chi connectivity index (χ0n) is 12.5. The molecule has 0 aliphatic heterocycles. The van der Waals surface area contributed by atoms with E-state index in [1.54, 1.807) is 14.0 Å². The van der Waals surface area contributed by atoms with Crippen LogP contribution in [-0.2, 0) is 14.8 Å². The van der Waals surface area contributed by atoms with Crippen LogP contribution in [0.2, 0.25) is 0 Å². The quantitative estimate of drug-likeness (QED) is 0.879. The highest BCUT2D eigenvalue weighted by Gasteiger charge is 2.24. The van der Waals surface area contributed by atoms with E-state index in [0.717, 1.165) is 0 Å². The van der Waals surface area contributed by atoms with Crippen LogP contribution in [0.1, 0.15) is 25.0 Å². The molecule has 0 radical (unpaired) electrons. The predicted octanol–water partition coefficient (Wildman–Crippen LogP) is 1.01. The van der Waals surface area contributed by atoms with Crippen LogP contribution in [0, 0.1) is 18.3 Å². The first kappa shape index (κ1) is 17.1. The Labute approximate surface area is 125 Å². The minimum atomic E-state index is -3.80. The molecule has 1 aromatic rings. The summed E-state index contributed by atoms with van der Waals surface area (Å²) in [7, 11) is -2.19. The molecule has 0 saturated carbocycles. The molecule has 7 heteroatoms. The SMILES string of the molecule is CCN(C)C(=O)C(C)NS(=O)(=O)c1ccc(C#N)c(C)c1. The second kappa shape index (κ2) is 6.70. The third-order valence-corrected chi connectivity index (χ3v) is 4.72. The molecule has 1 unspecified atom stereocenters. The first-order valence-electron chi connectivity index (χ1n) is 6.51. The van der Waals surface area contributed by atoms with Crippen molar-refractivity contribution in [2.75, 3.05) is 13.6 Å². The fourth-order valence-electron chi connectivity index (χ4n) is 1.77. The number of carbonyl (C=O) groups excluding carboxylic acids is 1. The maximum atomic E-state index is 12.2. The lowest BCUT2D eigenvalue weighted by atomic mass is 10.1. The maximum absolute atomic E-state index is 12.2. The lowest BCUT2D eigenvalue weighted by molar-refractivity contribution is -0.131. The van der Waals surface area contributed by atoms with E-state index in [1.807, 2.05) is 13.0 Å². The highest BCUT2D eigenvalue weighted by Crippen LogP contribution is 2.15. The van der Waals surface area contributed by atoms with Gasteiger partial charge in [-0.1, -0.05) is 0 Å². The molecule has 1 atom stereocenters. The van der Waals surface area contributed by atoms with Crippen LogP contribution in [0.15, 0.2) is 23.1 Å². The van der Waals surface area contributed by atoms with Gasteiger partial charge in [0.15, 0.2) is 0 Å². The Kier molecular flexibility index (Phi) is 5.47. The molecule has 0 aromatic heterocycles. The van der Waals surface area contributed by atoms with Crippen LogP contribution in [0.3, 0.4) is 0 Å². The number of benzene rings is 1. The van der Waals surface area contributed by atoms with Crippen LogP contribution in [0.5, 0.6) is 0 Å².